The average Bonchev–Trinajstić information content (AvgIpc) is 3.11. The third kappa shape index (κ3) is 3.24. The van der Waals surface area contributed by atoms with Gasteiger partial charge in [-0.25, -0.2) is 0 Å². The van der Waals surface area contributed by atoms with Crippen LogP contribution in [0.1, 0.15) is 39.0 Å². The minimum atomic E-state index is -0.789. The molecule has 1 aromatic heterocycles. The molecule has 1 unspecified atom stereocenters. The Morgan fingerprint density at radius 1 is 1.00 bits per heavy atom. The van der Waals surface area contributed by atoms with Crippen molar-refractivity contribution in [2.24, 2.45) is 0 Å². The number of aliphatic hydroxyl groups is 1. The maximum atomic E-state index is 12.5. The molecule has 0 radical (unpaired) electrons. The minimum absolute atomic E-state index is 0.125. The maximum absolute atomic E-state index is 12.5. The van der Waals surface area contributed by atoms with Crippen LogP contribution in [-0.4, -0.2) is 23.0 Å². The van der Waals surface area contributed by atoms with Gasteiger partial charge >= 0.3 is 0 Å². The van der Waals surface area contributed by atoms with E-state index in [1.807, 2.05) is 31.2 Å². The van der Waals surface area contributed by atoms with Gasteiger partial charge in [-0.05, 0) is 48.9 Å². The minimum Gasteiger partial charge on any atom is -0.497 e. The number of H-pyrrole nitrogens is 1. The average molecular weight is 321 g/mol. The summed E-state index contributed by atoms with van der Waals surface area (Å²) in [6.07, 6.45) is -0.789. The number of ketones is 1. The highest BCUT2D eigenvalue weighted by Crippen LogP contribution is 2.23. The molecule has 0 fully saturated rings. The van der Waals surface area contributed by atoms with Gasteiger partial charge in [0.1, 0.15) is 11.9 Å². The zero-order valence-electron chi connectivity index (χ0n) is 13.6. The van der Waals surface area contributed by atoms with E-state index < -0.39 is 6.10 Å². The third-order valence-corrected chi connectivity index (χ3v) is 3.99. The van der Waals surface area contributed by atoms with Crippen molar-refractivity contribution in [1.29, 1.82) is 0 Å². The lowest BCUT2D eigenvalue weighted by Gasteiger charge is -2.09. The van der Waals surface area contributed by atoms with E-state index in [0.29, 0.717) is 22.7 Å². The second-order valence-corrected chi connectivity index (χ2v) is 5.70. The number of hydrogen-bond donors (Lipinski definition) is 2. The molecule has 3 rings (SSSR count). The highest BCUT2D eigenvalue weighted by Gasteiger charge is 2.16. The Labute approximate surface area is 140 Å². The topological polar surface area (TPSA) is 62.3 Å². The monoisotopic (exact) mass is 321 g/mol. The number of nitrogens with one attached hydrogen (secondary N) is 1. The molecule has 0 amide bonds. The van der Waals surface area contributed by atoms with E-state index in [1.165, 1.54) is 0 Å². The fourth-order valence-corrected chi connectivity index (χ4v) is 2.53. The van der Waals surface area contributed by atoms with Crippen molar-refractivity contribution in [1.82, 2.24) is 4.98 Å². The molecule has 0 aliphatic carbocycles. The number of aliphatic hydroxyl groups excluding tert-OH is 1. The highest BCUT2D eigenvalue weighted by atomic mass is 16.5. The number of benzene rings is 2. The van der Waals surface area contributed by atoms with Crippen LogP contribution in [0.15, 0.2) is 60.7 Å². The molecule has 24 heavy (non-hydrogen) atoms. The van der Waals surface area contributed by atoms with Crippen LogP contribution in [0.3, 0.4) is 0 Å². The van der Waals surface area contributed by atoms with Crippen molar-refractivity contribution in [2.75, 3.05) is 7.11 Å². The van der Waals surface area contributed by atoms with Gasteiger partial charge < -0.3 is 14.8 Å². The number of aryl methyl sites for hydroxylation is 1. The summed E-state index contributed by atoms with van der Waals surface area (Å²) in [5.41, 5.74) is 3.52. The fraction of sp³-hybridized carbons (Fsp3) is 0.150. The number of ether oxygens (including phenoxy) is 1. The van der Waals surface area contributed by atoms with Gasteiger partial charge in [-0.3, -0.25) is 4.79 Å². The van der Waals surface area contributed by atoms with Crippen molar-refractivity contribution < 1.29 is 14.6 Å². The number of carbonyl (C=O) groups is 1. The molecular weight excluding hydrogens is 302 g/mol. The van der Waals surface area contributed by atoms with Gasteiger partial charge in [-0.15, -0.1) is 0 Å². The fourth-order valence-electron chi connectivity index (χ4n) is 2.53. The largest absolute Gasteiger partial charge is 0.497 e. The number of hydrogen-bond acceptors (Lipinski definition) is 3. The van der Waals surface area contributed by atoms with Crippen LogP contribution >= 0.6 is 0 Å². The van der Waals surface area contributed by atoms with Crippen LogP contribution in [0.2, 0.25) is 0 Å². The maximum Gasteiger partial charge on any atom is 0.209 e. The van der Waals surface area contributed by atoms with E-state index >= 15 is 0 Å². The van der Waals surface area contributed by atoms with E-state index in [2.05, 4.69) is 4.98 Å². The Morgan fingerprint density at radius 2 is 1.67 bits per heavy atom. The molecule has 1 heterocycles. The third-order valence-electron chi connectivity index (χ3n) is 3.99. The van der Waals surface area contributed by atoms with Gasteiger partial charge in [0.25, 0.3) is 0 Å². The number of aromatic amines is 1. The van der Waals surface area contributed by atoms with Gasteiger partial charge in [0.15, 0.2) is 0 Å². The van der Waals surface area contributed by atoms with E-state index in [0.717, 1.165) is 11.1 Å². The number of rotatable bonds is 5. The Bertz CT molecular complexity index is 832. The van der Waals surface area contributed by atoms with E-state index in [9.17, 15) is 9.90 Å². The lowest BCUT2D eigenvalue weighted by molar-refractivity contribution is 0.103. The molecular formula is C20H19NO3. The van der Waals surface area contributed by atoms with Crippen molar-refractivity contribution in [3.8, 4) is 5.75 Å². The van der Waals surface area contributed by atoms with Crippen molar-refractivity contribution in [3.63, 3.8) is 0 Å². The first kappa shape index (κ1) is 16.0. The van der Waals surface area contributed by atoms with Crippen molar-refractivity contribution >= 4 is 5.78 Å². The Hall–Kier alpha value is -2.85. The summed E-state index contributed by atoms with van der Waals surface area (Å²) in [6.45, 7) is 2.00. The molecule has 0 spiro atoms. The van der Waals surface area contributed by atoms with Crippen molar-refractivity contribution in [2.45, 2.75) is 13.0 Å². The molecule has 0 saturated carbocycles. The summed E-state index contributed by atoms with van der Waals surface area (Å²) in [7, 11) is 1.58. The zero-order valence-corrected chi connectivity index (χ0v) is 13.6. The van der Waals surface area contributed by atoms with Crippen LogP contribution in [0.5, 0.6) is 5.75 Å². The van der Waals surface area contributed by atoms with Crippen LogP contribution in [0.25, 0.3) is 0 Å². The first-order valence-corrected chi connectivity index (χ1v) is 7.71. The van der Waals surface area contributed by atoms with E-state index in [1.54, 1.807) is 43.5 Å². The quantitative estimate of drug-likeness (QED) is 0.705. The molecule has 2 aromatic carbocycles. The van der Waals surface area contributed by atoms with Gasteiger partial charge in [-0.2, -0.15) is 0 Å². The van der Waals surface area contributed by atoms with Crippen molar-refractivity contribution in [3.05, 3.63) is 88.7 Å². The van der Waals surface area contributed by atoms with Gasteiger partial charge in [0, 0.05) is 11.3 Å². The SMILES string of the molecule is COc1ccc(C(=O)c2ccc(C(O)c3ccc(C)cc3)[nH]2)cc1. The predicted molar refractivity (Wildman–Crippen MR) is 92.5 cm³/mol. The smallest absolute Gasteiger partial charge is 0.209 e. The first-order chi connectivity index (χ1) is 11.6. The summed E-state index contributed by atoms with van der Waals surface area (Å²) < 4.78 is 5.10. The Morgan fingerprint density at radius 3 is 2.29 bits per heavy atom. The molecule has 0 aliphatic heterocycles. The lowest BCUT2D eigenvalue weighted by atomic mass is 10.1. The molecule has 0 bridgehead atoms. The summed E-state index contributed by atoms with van der Waals surface area (Å²) >= 11 is 0. The standard InChI is InChI=1S/C20H19NO3/c1-13-3-5-14(6-4-13)19(22)17-11-12-18(21-17)20(23)15-7-9-16(24-2)10-8-15/h3-12,19,21-22H,1-2H3. The van der Waals surface area contributed by atoms with Gasteiger partial charge in [0.2, 0.25) is 5.78 Å². The molecule has 4 heteroatoms. The summed E-state index contributed by atoms with van der Waals surface area (Å²) in [5.74, 6) is 0.577. The number of aromatic nitrogens is 1. The second kappa shape index (κ2) is 6.72. The van der Waals surface area contributed by atoms with Gasteiger partial charge in [0.05, 0.1) is 12.8 Å². The first-order valence-electron chi connectivity index (χ1n) is 7.71. The molecule has 0 aliphatic rings. The normalized spacial score (nSPS) is 12.0. The summed E-state index contributed by atoms with van der Waals surface area (Å²) in [5, 5.41) is 10.5. The molecule has 2 N–H and O–H groups in total. The number of methoxy groups -OCH3 is 1. The number of carbonyl (C=O) groups excluding carboxylic acids is 1. The Kier molecular flexibility index (Phi) is 4.49. The molecule has 3 aromatic rings. The molecule has 122 valence electrons. The van der Waals surface area contributed by atoms with Gasteiger partial charge in [-0.1, -0.05) is 29.8 Å². The highest BCUT2D eigenvalue weighted by molar-refractivity contribution is 6.07. The zero-order chi connectivity index (χ0) is 17.1. The molecule has 0 saturated heterocycles. The van der Waals surface area contributed by atoms with Crippen LogP contribution in [0, 0.1) is 6.92 Å². The summed E-state index contributed by atoms with van der Waals surface area (Å²) in [4.78, 5) is 15.5. The van der Waals surface area contributed by atoms with Crippen LogP contribution < -0.4 is 4.74 Å². The molecule has 4 nitrogen and oxygen atoms in total. The van der Waals surface area contributed by atoms with Crippen LogP contribution in [0.4, 0.5) is 0 Å². The lowest BCUT2D eigenvalue weighted by Crippen LogP contribution is -2.04. The van der Waals surface area contributed by atoms with Crippen LogP contribution in [-0.2, 0) is 0 Å². The predicted octanol–water partition coefficient (Wildman–Crippen LogP) is 3.64. The summed E-state index contributed by atoms with van der Waals surface area (Å²) in [6, 6.07) is 18.0. The van der Waals surface area contributed by atoms with E-state index in [-0.39, 0.29) is 5.78 Å². The second-order valence-electron chi connectivity index (χ2n) is 5.70. The van der Waals surface area contributed by atoms with E-state index in [4.69, 9.17) is 4.74 Å². The molecule has 1 atom stereocenters. The Balaban J connectivity index is 1.81.